The number of nitrogens with zero attached hydrogens (tertiary/aromatic N) is 1. The molecule has 0 radical (unpaired) electrons. The predicted octanol–water partition coefficient (Wildman–Crippen LogP) is 1.49. The third kappa shape index (κ3) is 3.11. The van der Waals surface area contributed by atoms with Crippen LogP contribution in [0.4, 0.5) is 0 Å². The van der Waals surface area contributed by atoms with Gasteiger partial charge in [-0.3, -0.25) is 0 Å². The van der Waals surface area contributed by atoms with Crippen LogP contribution in [0.2, 0.25) is 0 Å². The molecular formula is C10H21NO. The topological polar surface area (TPSA) is 23.5 Å². The Morgan fingerprint density at radius 2 is 2.17 bits per heavy atom. The Morgan fingerprint density at radius 3 is 2.58 bits per heavy atom. The molecule has 0 aromatic rings. The number of rotatable bonds is 3. The molecule has 1 rings (SSSR count). The molecule has 0 bridgehead atoms. The van der Waals surface area contributed by atoms with Crippen LogP contribution in [0.25, 0.3) is 0 Å². The molecule has 1 aliphatic heterocycles. The number of likely N-dealkylation sites (tertiary alicyclic amines) is 1. The van der Waals surface area contributed by atoms with Gasteiger partial charge < -0.3 is 10.0 Å². The Labute approximate surface area is 75.6 Å². The quantitative estimate of drug-likeness (QED) is 0.695. The fraction of sp³-hybridized carbons (Fsp3) is 1.00. The summed E-state index contributed by atoms with van der Waals surface area (Å²) < 4.78 is 0. The Balaban J connectivity index is 2.20. The van der Waals surface area contributed by atoms with E-state index in [1.54, 1.807) is 0 Å². The van der Waals surface area contributed by atoms with Gasteiger partial charge in [0.05, 0.1) is 6.10 Å². The average Bonchev–Trinajstić information content (AvgIpc) is 2.26. The lowest BCUT2D eigenvalue weighted by atomic mass is 9.93. The second-order valence-electron chi connectivity index (χ2n) is 4.83. The Kier molecular flexibility index (Phi) is 3.13. The lowest BCUT2D eigenvalue weighted by molar-refractivity contribution is 0.160. The van der Waals surface area contributed by atoms with Gasteiger partial charge in [0.25, 0.3) is 0 Å². The summed E-state index contributed by atoms with van der Waals surface area (Å²) >= 11 is 0. The molecule has 0 spiro atoms. The first kappa shape index (κ1) is 10.0. The second kappa shape index (κ2) is 3.75. The largest absolute Gasteiger partial charge is 0.393 e. The van der Waals surface area contributed by atoms with Crippen LogP contribution in [0.3, 0.4) is 0 Å². The van der Waals surface area contributed by atoms with Gasteiger partial charge in [-0.15, -0.1) is 0 Å². The summed E-state index contributed by atoms with van der Waals surface area (Å²) in [4.78, 5) is 2.45. The van der Waals surface area contributed by atoms with E-state index in [-0.39, 0.29) is 6.10 Å². The molecule has 1 unspecified atom stereocenters. The molecule has 1 fully saturated rings. The van der Waals surface area contributed by atoms with Gasteiger partial charge in [-0.25, -0.2) is 0 Å². The predicted molar refractivity (Wildman–Crippen MR) is 51.1 cm³/mol. The van der Waals surface area contributed by atoms with E-state index in [0.717, 1.165) is 13.0 Å². The smallest absolute Gasteiger partial charge is 0.0524 e. The van der Waals surface area contributed by atoms with Crippen molar-refractivity contribution in [1.29, 1.82) is 0 Å². The summed E-state index contributed by atoms with van der Waals surface area (Å²) in [5.74, 6) is 0. The van der Waals surface area contributed by atoms with Crippen molar-refractivity contribution in [2.24, 2.45) is 5.41 Å². The van der Waals surface area contributed by atoms with Crippen LogP contribution in [0.15, 0.2) is 0 Å². The SMILES string of the molecule is CC(O)CCN1CCC(C)(C)C1. The highest BCUT2D eigenvalue weighted by molar-refractivity contribution is 4.82. The first-order valence-corrected chi connectivity index (χ1v) is 4.90. The van der Waals surface area contributed by atoms with E-state index in [1.807, 2.05) is 6.92 Å². The molecule has 0 aromatic heterocycles. The first-order valence-electron chi connectivity index (χ1n) is 4.90. The van der Waals surface area contributed by atoms with Gasteiger partial charge in [0.2, 0.25) is 0 Å². The fourth-order valence-electron chi connectivity index (χ4n) is 1.78. The van der Waals surface area contributed by atoms with E-state index in [0.29, 0.717) is 5.41 Å². The zero-order valence-electron chi connectivity index (χ0n) is 8.51. The molecule has 0 aliphatic carbocycles. The maximum atomic E-state index is 9.12. The molecule has 1 aliphatic rings. The fourth-order valence-corrected chi connectivity index (χ4v) is 1.78. The van der Waals surface area contributed by atoms with Crippen LogP contribution < -0.4 is 0 Å². The Bertz CT molecular complexity index is 143. The zero-order valence-corrected chi connectivity index (χ0v) is 8.51. The Hall–Kier alpha value is -0.0800. The maximum absolute atomic E-state index is 9.12. The molecular weight excluding hydrogens is 150 g/mol. The lowest BCUT2D eigenvalue weighted by Crippen LogP contribution is -2.26. The summed E-state index contributed by atoms with van der Waals surface area (Å²) in [5.41, 5.74) is 0.499. The molecule has 1 atom stereocenters. The van der Waals surface area contributed by atoms with Crippen LogP contribution in [0.5, 0.6) is 0 Å². The van der Waals surface area contributed by atoms with Gasteiger partial charge in [0.15, 0.2) is 0 Å². The van der Waals surface area contributed by atoms with Crippen molar-refractivity contribution < 1.29 is 5.11 Å². The van der Waals surface area contributed by atoms with Gasteiger partial charge in [-0.1, -0.05) is 13.8 Å². The van der Waals surface area contributed by atoms with Gasteiger partial charge in [-0.2, -0.15) is 0 Å². The third-order valence-corrected chi connectivity index (χ3v) is 2.62. The molecule has 1 heterocycles. The van der Waals surface area contributed by atoms with E-state index < -0.39 is 0 Å². The minimum atomic E-state index is -0.145. The van der Waals surface area contributed by atoms with Gasteiger partial charge in [-0.05, 0) is 31.7 Å². The molecule has 0 saturated carbocycles. The highest BCUT2D eigenvalue weighted by Gasteiger charge is 2.28. The highest BCUT2D eigenvalue weighted by atomic mass is 16.3. The molecule has 12 heavy (non-hydrogen) atoms. The molecule has 2 heteroatoms. The van der Waals surface area contributed by atoms with Gasteiger partial charge in [0.1, 0.15) is 0 Å². The van der Waals surface area contributed by atoms with E-state index >= 15 is 0 Å². The molecule has 1 saturated heterocycles. The van der Waals surface area contributed by atoms with Crippen molar-refractivity contribution in [3.8, 4) is 0 Å². The van der Waals surface area contributed by atoms with Crippen LogP contribution in [-0.4, -0.2) is 35.7 Å². The Morgan fingerprint density at radius 1 is 1.50 bits per heavy atom. The zero-order chi connectivity index (χ0) is 9.19. The number of hydrogen-bond acceptors (Lipinski definition) is 2. The molecule has 1 N–H and O–H groups in total. The molecule has 72 valence electrons. The second-order valence-corrected chi connectivity index (χ2v) is 4.83. The summed E-state index contributed by atoms with van der Waals surface area (Å²) in [6.07, 6.45) is 2.07. The number of aliphatic hydroxyl groups excluding tert-OH is 1. The third-order valence-electron chi connectivity index (χ3n) is 2.62. The maximum Gasteiger partial charge on any atom is 0.0524 e. The van der Waals surface area contributed by atoms with Crippen LogP contribution in [-0.2, 0) is 0 Å². The standard InChI is InChI=1S/C10H21NO/c1-9(12)4-6-11-7-5-10(2,3)8-11/h9,12H,4-8H2,1-3H3. The van der Waals surface area contributed by atoms with Crippen molar-refractivity contribution in [3.05, 3.63) is 0 Å². The van der Waals surface area contributed by atoms with Crippen LogP contribution >= 0.6 is 0 Å². The monoisotopic (exact) mass is 171 g/mol. The number of hydrogen-bond donors (Lipinski definition) is 1. The highest BCUT2D eigenvalue weighted by Crippen LogP contribution is 2.28. The molecule has 2 nitrogen and oxygen atoms in total. The summed E-state index contributed by atoms with van der Waals surface area (Å²) in [5, 5.41) is 9.12. The van der Waals surface area contributed by atoms with Crippen molar-refractivity contribution in [2.45, 2.75) is 39.7 Å². The summed E-state index contributed by atoms with van der Waals surface area (Å²) in [6, 6.07) is 0. The lowest BCUT2D eigenvalue weighted by Gasteiger charge is -2.19. The van der Waals surface area contributed by atoms with E-state index in [9.17, 15) is 0 Å². The molecule has 0 amide bonds. The van der Waals surface area contributed by atoms with Crippen molar-refractivity contribution in [3.63, 3.8) is 0 Å². The van der Waals surface area contributed by atoms with Crippen LogP contribution in [0.1, 0.15) is 33.6 Å². The molecule has 0 aromatic carbocycles. The van der Waals surface area contributed by atoms with Crippen molar-refractivity contribution >= 4 is 0 Å². The summed E-state index contributed by atoms with van der Waals surface area (Å²) in [7, 11) is 0. The number of aliphatic hydroxyl groups is 1. The van der Waals surface area contributed by atoms with Gasteiger partial charge >= 0.3 is 0 Å². The van der Waals surface area contributed by atoms with Crippen molar-refractivity contribution in [1.82, 2.24) is 4.90 Å². The summed E-state index contributed by atoms with van der Waals surface area (Å²) in [6.45, 7) is 9.95. The minimum Gasteiger partial charge on any atom is -0.393 e. The minimum absolute atomic E-state index is 0.145. The van der Waals surface area contributed by atoms with E-state index in [2.05, 4.69) is 18.7 Å². The van der Waals surface area contributed by atoms with Gasteiger partial charge in [0, 0.05) is 13.1 Å². The average molecular weight is 171 g/mol. The van der Waals surface area contributed by atoms with E-state index in [4.69, 9.17) is 5.11 Å². The van der Waals surface area contributed by atoms with Crippen LogP contribution in [0, 0.1) is 5.41 Å². The van der Waals surface area contributed by atoms with Crippen molar-refractivity contribution in [2.75, 3.05) is 19.6 Å². The first-order chi connectivity index (χ1) is 5.49. The van der Waals surface area contributed by atoms with E-state index in [1.165, 1.54) is 19.5 Å². The normalized spacial score (nSPS) is 26.0.